The third-order valence-electron chi connectivity index (χ3n) is 5.75. The third kappa shape index (κ3) is 5.23. The second-order valence-electron chi connectivity index (χ2n) is 8.23. The Labute approximate surface area is 196 Å². The molecule has 1 fully saturated rings. The van der Waals surface area contributed by atoms with Crippen molar-refractivity contribution in [3.05, 3.63) is 108 Å². The third-order valence-corrected chi connectivity index (χ3v) is 8.59. The van der Waals surface area contributed by atoms with Gasteiger partial charge < -0.3 is 9.46 Å². The van der Waals surface area contributed by atoms with Crippen LogP contribution in [0.2, 0.25) is 0 Å². The molecule has 0 aromatic heterocycles. The van der Waals surface area contributed by atoms with Crippen molar-refractivity contribution in [1.29, 1.82) is 0 Å². The lowest BCUT2D eigenvalue weighted by atomic mass is 10.0. The minimum atomic E-state index is -3.44. The largest absolute Gasteiger partial charge is 0.320 e. The number of likely N-dealkylation sites (tertiary alicyclic amines) is 1. The fourth-order valence-corrected chi connectivity index (χ4v) is 6.82. The van der Waals surface area contributed by atoms with Crippen molar-refractivity contribution >= 4 is 29.2 Å². The summed E-state index contributed by atoms with van der Waals surface area (Å²) >= 11 is 0. The molecule has 33 heavy (non-hydrogen) atoms. The van der Waals surface area contributed by atoms with Crippen LogP contribution >= 0.6 is 7.14 Å². The molecule has 1 aliphatic rings. The zero-order valence-corrected chi connectivity index (χ0v) is 20.3. The summed E-state index contributed by atoms with van der Waals surface area (Å²) in [5.41, 5.74) is 3.12. The van der Waals surface area contributed by atoms with Gasteiger partial charge in [0.2, 0.25) is 18.6 Å². The lowest BCUT2D eigenvalue weighted by Crippen LogP contribution is -2.23. The van der Waals surface area contributed by atoms with Crippen LogP contribution in [-0.2, 0) is 9.36 Å². The van der Waals surface area contributed by atoms with Crippen molar-refractivity contribution in [3.8, 4) is 0 Å². The first kappa shape index (κ1) is 24.4. The van der Waals surface area contributed by atoms with Crippen LogP contribution in [0.25, 0.3) is 0 Å². The summed E-state index contributed by atoms with van der Waals surface area (Å²) < 4.78 is 14.2. The van der Waals surface area contributed by atoms with E-state index in [4.69, 9.17) is 0 Å². The van der Waals surface area contributed by atoms with E-state index < -0.39 is 7.14 Å². The summed E-state index contributed by atoms with van der Waals surface area (Å²) in [4.78, 5) is 25.9. The van der Waals surface area contributed by atoms with Crippen molar-refractivity contribution in [3.63, 3.8) is 0 Å². The summed E-state index contributed by atoms with van der Waals surface area (Å²) in [5, 5.41) is 1.15. The Morgan fingerprint density at radius 1 is 0.909 bits per heavy atom. The molecule has 0 N–H and O–H groups in total. The minimum Gasteiger partial charge on any atom is -0.320 e. The summed E-state index contributed by atoms with van der Waals surface area (Å²) in [6.45, 7) is 10.2. The van der Waals surface area contributed by atoms with E-state index in [0.29, 0.717) is 22.6 Å². The fourth-order valence-electron chi connectivity index (χ4n) is 4.20. The molecule has 1 saturated heterocycles. The number of hydrogen-bond acceptors (Lipinski definition) is 3. The predicted molar refractivity (Wildman–Crippen MR) is 136 cm³/mol. The van der Waals surface area contributed by atoms with E-state index in [1.165, 1.54) is 0 Å². The maximum atomic E-state index is 14.2. The smallest absolute Gasteiger partial charge is 0.230 e. The molecule has 1 heterocycles. The Balaban J connectivity index is 0.000000323. The van der Waals surface area contributed by atoms with Crippen LogP contribution in [0.1, 0.15) is 39.9 Å². The Hall–Kier alpha value is -3.23. The summed E-state index contributed by atoms with van der Waals surface area (Å²) in [7, 11) is -3.44. The van der Waals surface area contributed by atoms with Gasteiger partial charge in [-0.15, -0.1) is 0 Å². The van der Waals surface area contributed by atoms with Gasteiger partial charge in [0.05, 0.1) is 0 Å². The standard InChI is InChI=1S/C22H21O2P.C6H9NO/c1-16-14-17(2)21(18(3)15-16)22(23)25(24,19-10-6-4-7-11-19)20-12-8-5-9-13-20;1-2-7-5-3-4-6(7)8/h4-15H,1-3H3;2H,1,3-5H2. The Bertz CT molecular complexity index is 1140. The highest BCUT2D eigenvalue weighted by atomic mass is 31.2. The predicted octanol–water partition coefficient (Wildman–Crippen LogP) is 5.52. The molecule has 1 aliphatic heterocycles. The number of aryl methyl sites for hydroxylation is 3. The molecular weight excluding hydrogens is 429 g/mol. The number of carbonyl (C=O) groups is 2. The molecule has 4 rings (SSSR count). The van der Waals surface area contributed by atoms with Crippen LogP contribution in [0, 0.1) is 20.8 Å². The van der Waals surface area contributed by atoms with Crippen molar-refractivity contribution in [1.82, 2.24) is 4.90 Å². The van der Waals surface area contributed by atoms with E-state index in [1.807, 2.05) is 69.3 Å². The topological polar surface area (TPSA) is 54.5 Å². The van der Waals surface area contributed by atoms with E-state index in [1.54, 1.807) is 35.4 Å². The SMILES string of the molecule is C=CN1CCCC1=O.Cc1cc(C)c(C(=O)P(=O)(c2ccccc2)c2ccccc2)c(C)c1. The molecule has 170 valence electrons. The molecule has 4 nitrogen and oxygen atoms in total. The molecule has 0 atom stereocenters. The maximum absolute atomic E-state index is 14.2. The number of carbonyl (C=O) groups excluding carboxylic acids is 2. The average Bonchev–Trinajstić information content (AvgIpc) is 3.24. The second-order valence-corrected chi connectivity index (χ2v) is 10.9. The number of benzene rings is 3. The Morgan fingerprint density at radius 3 is 1.76 bits per heavy atom. The lowest BCUT2D eigenvalue weighted by Gasteiger charge is -2.20. The maximum Gasteiger partial charge on any atom is 0.230 e. The Morgan fingerprint density at radius 2 is 1.39 bits per heavy atom. The van der Waals surface area contributed by atoms with E-state index in [-0.39, 0.29) is 11.4 Å². The number of nitrogens with zero attached hydrogens (tertiary/aromatic N) is 1. The number of hydrogen-bond donors (Lipinski definition) is 0. The van der Waals surface area contributed by atoms with E-state index in [9.17, 15) is 14.2 Å². The van der Waals surface area contributed by atoms with E-state index in [2.05, 4.69) is 6.58 Å². The molecule has 3 aromatic rings. The highest BCUT2D eigenvalue weighted by Crippen LogP contribution is 2.47. The number of rotatable bonds is 5. The second kappa shape index (κ2) is 10.6. The van der Waals surface area contributed by atoms with Gasteiger partial charge in [-0.05, 0) is 44.5 Å². The molecule has 0 saturated carbocycles. The van der Waals surface area contributed by atoms with Gasteiger partial charge in [0.25, 0.3) is 0 Å². The van der Waals surface area contributed by atoms with Gasteiger partial charge >= 0.3 is 0 Å². The molecule has 3 aromatic carbocycles. The van der Waals surface area contributed by atoms with Gasteiger partial charge in [0, 0.05) is 29.1 Å². The normalized spacial score (nSPS) is 13.3. The molecule has 0 unspecified atom stereocenters. The van der Waals surface area contributed by atoms with Gasteiger partial charge in [-0.25, -0.2) is 0 Å². The van der Waals surface area contributed by atoms with Gasteiger partial charge in [0.15, 0.2) is 0 Å². The zero-order chi connectivity index (χ0) is 24.0. The zero-order valence-electron chi connectivity index (χ0n) is 19.5. The molecule has 0 bridgehead atoms. The summed E-state index contributed by atoms with van der Waals surface area (Å²) in [6, 6.07) is 22.1. The van der Waals surface area contributed by atoms with E-state index >= 15 is 0 Å². The first-order valence-corrected chi connectivity index (χ1v) is 12.8. The highest BCUT2D eigenvalue weighted by Gasteiger charge is 2.37. The fraction of sp³-hybridized carbons (Fsp3) is 0.214. The first-order valence-electron chi connectivity index (χ1n) is 11.0. The highest BCUT2D eigenvalue weighted by molar-refractivity contribution is 7.93. The quantitative estimate of drug-likeness (QED) is 0.472. The van der Waals surface area contributed by atoms with Crippen molar-refractivity contribution in [2.24, 2.45) is 0 Å². The van der Waals surface area contributed by atoms with Crippen molar-refractivity contribution in [2.75, 3.05) is 6.54 Å². The average molecular weight is 460 g/mol. The van der Waals surface area contributed by atoms with Gasteiger partial charge in [-0.2, -0.15) is 0 Å². The van der Waals surface area contributed by atoms with Gasteiger partial charge in [-0.1, -0.05) is 84.9 Å². The molecule has 0 radical (unpaired) electrons. The van der Waals surface area contributed by atoms with Gasteiger partial charge in [-0.3, -0.25) is 9.59 Å². The summed E-state index contributed by atoms with van der Waals surface area (Å²) in [6.07, 6.45) is 3.28. The molecular formula is C28H30NO3P. The number of amides is 1. The van der Waals surface area contributed by atoms with Crippen LogP contribution in [0.4, 0.5) is 0 Å². The van der Waals surface area contributed by atoms with Crippen LogP contribution < -0.4 is 10.6 Å². The molecule has 0 spiro atoms. The van der Waals surface area contributed by atoms with Gasteiger partial charge in [0.1, 0.15) is 0 Å². The molecule has 0 aliphatic carbocycles. The van der Waals surface area contributed by atoms with Crippen molar-refractivity contribution < 1.29 is 14.2 Å². The molecule has 1 amide bonds. The van der Waals surface area contributed by atoms with E-state index in [0.717, 1.165) is 29.7 Å². The minimum absolute atomic E-state index is 0.208. The Kier molecular flexibility index (Phi) is 7.84. The van der Waals surface area contributed by atoms with Crippen molar-refractivity contribution in [2.45, 2.75) is 33.6 Å². The van der Waals surface area contributed by atoms with Crippen LogP contribution in [-0.4, -0.2) is 22.9 Å². The summed E-state index contributed by atoms with van der Waals surface area (Å²) in [5.74, 6) is 0.208. The van der Waals surface area contributed by atoms with Crippen LogP contribution in [0.15, 0.2) is 85.6 Å². The lowest BCUT2D eigenvalue weighted by molar-refractivity contribution is -0.125. The van der Waals surface area contributed by atoms with Crippen LogP contribution in [0.3, 0.4) is 0 Å². The van der Waals surface area contributed by atoms with Crippen LogP contribution in [0.5, 0.6) is 0 Å². The molecule has 5 heteroatoms. The first-order chi connectivity index (χ1) is 15.8. The monoisotopic (exact) mass is 459 g/mol.